The van der Waals surface area contributed by atoms with Crippen LogP contribution < -0.4 is 0 Å². The zero-order valence-electron chi connectivity index (χ0n) is 9.41. The van der Waals surface area contributed by atoms with E-state index in [2.05, 4.69) is 0 Å². The molecule has 0 aromatic heterocycles. The Balaban J connectivity index is 0.00000256. The van der Waals surface area contributed by atoms with Gasteiger partial charge in [-0.2, -0.15) is 0 Å². The highest BCUT2D eigenvalue weighted by Crippen LogP contribution is 2.30. The molecule has 0 unspecified atom stereocenters. The number of carbonyl (C=O) groups is 2. The number of rotatable bonds is 4. The van der Waals surface area contributed by atoms with Crippen molar-refractivity contribution in [1.29, 1.82) is 0 Å². The van der Waals surface area contributed by atoms with Crippen LogP contribution in [0.25, 0.3) is 0 Å². The number of aliphatic carboxylic acids is 2. The molecular weight excluding hydrogens is 244 g/mol. The molecular formula is C12H17ClO4. The summed E-state index contributed by atoms with van der Waals surface area (Å²) < 4.78 is 0. The molecule has 96 valence electrons. The average molecular weight is 261 g/mol. The number of carboxylic acid groups (broad SMARTS) is 2. The SMILES string of the molecule is Cl.O=C(O)C=C[C@H]1CCC[C@H](C=CC(=O)O)C1. The Morgan fingerprint density at radius 3 is 1.71 bits per heavy atom. The number of hydrogen-bond donors (Lipinski definition) is 2. The highest BCUT2D eigenvalue weighted by molar-refractivity contribution is 5.85. The molecule has 0 saturated heterocycles. The lowest BCUT2D eigenvalue weighted by Gasteiger charge is -2.24. The molecule has 1 saturated carbocycles. The maximum Gasteiger partial charge on any atom is 0.327 e. The van der Waals surface area contributed by atoms with Crippen molar-refractivity contribution in [2.75, 3.05) is 0 Å². The van der Waals surface area contributed by atoms with Gasteiger partial charge in [-0.25, -0.2) is 9.59 Å². The van der Waals surface area contributed by atoms with Gasteiger partial charge < -0.3 is 10.2 Å². The molecule has 17 heavy (non-hydrogen) atoms. The van der Waals surface area contributed by atoms with Gasteiger partial charge in [-0.05, 0) is 31.1 Å². The van der Waals surface area contributed by atoms with Gasteiger partial charge >= 0.3 is 11.9 Å². The van der Waals surface area contributed by atoms with Crippen LogP contribution >= 0.6 is 12.4 Å². The van der Waals surface area contributed by atoms with E-state index in [0.717, 1.165) is 25.7 Å². The van der Waals surface area contributed by atoms with Crippen molar-refractivity contribution in [2.24, 2.45) is 11.8 Å². The van der Waals surface area contributed by atoms with Gasteiger partial charge in [0.2, 0.25) is 0 Å². The molecule has 0 amide bonds. The van der Waals surface area contributed by atoms with Crippen LogP contribution in [0.15, 0.2) is 24.3 Å². The summed E-state index contributed by atoms with van der Waals surface area (Å²) >= 11 is 0. The second kappa shape index (κ2) is 7.90. The Bertz CT molecular complexity index is 292. The van der Waals surface area contributed by atoms with Crippen LogP contribution in [0.5, 0.6) is 0 Å². The van der Waals surface area contributed by atoms with Crippen molar-refractivity contribution in [1.82, 2.24) is 0 Å². The fraction of sp³-hybridized carbons (Fsp3) is 0.500. The summed E-state index contributed by atoms with van der Waals surface area (Å²) in [6.45, 7) is 0. The molecule has 2 atom stereocenters. The number of carboxylic acids is 2. The Morgan fingerprint density at radius 1 is 0.941 bits per heavy atom. The molecule has 0 aromatic carbocycles. The van der Waals surface area contributed by atoms with Gasteiger partial charge in [0.05, 0.1) is 0 Å². The topological polar surface area (TPSA) is 74.6 Å². The van der Waals surface area contributed by atoms with E-state index in [1.54, 1.807) is 12.2 Å². The molecule has 1 aliphatic carbocycles. The molecule has 4 nitrogen and oxygen atoms in total. The molecule has 1 rings (SSSR count). The van der Waals surface area contributed by atoms with E-state index >= 15 is 0 Å². The van der Waals surface area contributed by atoms with Gasteiger partial charge in [-0.3, -0.25) is 0 Å². The third-order valence-corrected chi connectivity index (χ3v) is 2.78. The Labute approximate surface area is 106 Å². The number of hydrogen-bond acceptors (Lipinski definition) is 2. The molecule has 2 N–H and O–H groups in total. The Kier molecular flexibility index (Phi) is 7.30. The first-order chi connectivity index (χ1) is 7.58. The molecule has 0 aromatic rings. The van der Waals surface area contributed by atoms with Crippen LogP contribution in [0.1, 0.15) is 25.7 Å². The first-order valence-corrected chi connectivity index (χ1v) is 5.40. The summed E-state index contributed by atoms with van der Waals surface area (Å²) in [5.74, 6) is -1.34. The third kappa shape index (κ3) is 6.79. The minimum atomic E-state index is -0.928. The lowest BCUT2D eigenvalue weighted by Crippen LogP contribution is -2.12. The van der Waals surface area contributed by atoms with Gasteiger partial charge in [-0.15, -0.1) is 12.4 Å². The maximum atomic E-state index is 10.4. The van der Waals surface area contributed by atoms with Gasteiger partial charge in [-0.1, -0.05) is 18.6 Å². The van der Waals surface area contributed by atoms with Gasteiger partial charge in [0, 0.05) is 12.2 Å². The Morgan fingerprint density at radius 2 is 1.35 bits per heavy atom. The molecule has 0 bridgehead atoms. The molecule has 0 heterocycles. The van der Waals surface area contributed by atoms with E-state index in [1.807, 2.05) is 0 Å². The number of allylic oxidation sites excluding steroid dienone is 2. The van der Waals surface area contributed by atoms with Gasteiger partial charge in [0.1, 0.15) is 0 Å². The molecule has 0 aliphatic heterocycles. The molecule has 1 aliphatic rings. The largest absolute Gasteiger partial charge is 0.478 e. The summed E-state index contributed by atoms with van der Waals surface area (Å²) in [5, 5.41) is 17.0. The quantitative estimate of drug-likeness (QED) is 0.762. The molecule has 5 heteroatoms. The van der Waals surface area contributed by atoms with Gasteiger partial charge in [0.15, 0.2) is 0 Å². The van der Waals surface area contributed by atoms with E-state index in [4.69, 9.17) is 10.2 Å². The Hall–Kier alpha value is -1.29. The van der Waals surface area contributed by atoms with E-state index < -0.39 is 11.9 Å². The fourth-order valence-electron chi connectivity index (χ4n) is 2.05. The predicted molar refractivity (Wildman–Crippen MR) is 66.2 cm³/mol. The van der Waals surface area contributed by atoms with E-state index in [0.29, 0.717) is 0 Å². The molecule has 1 fully saturated rings. The normalized spacial score (nSPS) is 24.7. The second-order valence-electron chi connectivity index (χ2n) is 4.08. The first-order valence-electron chi connectivity index (χ1n) is 5.40. The van der Waals surface area contributed by atoms with Crippen molar-refractivity contribution in [3.63, 3.8) is 0 Å². The lowest BCUT2D eigenvalue weighted by atomic mass is 9.81. The molecule has 0 spiro atoms. The van der Waals surface area contributed by atoms with Crippen LogP contribution in [-0.4, -0.2) is 22.2 Å². The van der Waals surface area contributed by atoms with E-state index in [-0.39, 0.29) is 24.2 Å². The average Bonchev–Trinajstić information content (AvgIpc) is 2.24. The monoisotopic (exact) mass is 260 g/mol. The summed E-state index contributed by atoms with van der Waals surface area (Å²) in [6.07, 6.45) is 9.60. The van der Waals surface area contributed by atoms with Crippen LogP contribution in [0.2, 0.25) is 0 Å². The first kappa shape index (κ1) is 15.7. The smallest absolute Gasteiger partial charge is 0.327 e. The van der Waals surface area contributed by atoms with Gasteiger partial charge in [0.25, 0.3) is 0 Å². The zero-order valence-corrected chi connectivity index (χ0v) is 10.2. The summed E-state index contributed by atoms with van der Waals surface area (Å²) in [6, 6.07) is 0. The van der Waals surface area contributed by atoms with Crippen LogP contribution in [0.3, 0.4) is 0 Å². The van der Waals surface area contributed by atoms with Crippen LogP contribution in [-0.2, 0) is 9.59 Å². The predicted octanol–water partition coefficient (Wildman–Crippen LogP) is 2.50. The summed E-state index contributed by atoms with van der Waals surface area (Å²) in [5.41, 5.74) is 0. The summed E-state index contributed by atoms with van der Waals surface area (Å²) in [4.78, 5) is 20.7. The van der Waals surface area contributed by atoms with Crippen LogP contribution in [0.4, 0.5) is 0 Å². The van der Waals surface area contributed by atoms with Crippen molar-refractivity contribution in [2.45, 2.75) is 25.7 Å². The maximum absolute atomic E-state index is 10.4. The second-order valence-corrected chi connectivity index (χ2v) is 4.08. The number of halogens is 1. The van der Waals surface area contributed by atoms with E-state index in [9.17, 15) is 9.59 Å². The highest BCUT2D eigenvalue weighted by atomic mass is 35.5. The zero-order chi connectivity index (χ0) is 12.0. The minimum absolute atomic E-state index is 0. The van der Waals surface area contributed by atoms with Crippen molar-refractivity contribution in [3.05, 3.63) is 24.3 Å². The minimum Gasteiger partial charge on any atom is -0.478 e. The van der Waals surface area contributed by atoms with Crippen molar-refractivity contribution >= 4 is 24.3 Å². The lowest BCUT2D eigenvalue weighted by molar-refractivity contribution is -0.132. The van der Waals surface area contributed by atoms with Crippen molar-refractivity contribution in [3.8, 4) is 0 Å². The van der Waals surface area contributed by atoms with Crippen molar-refractivity contribution < 1.29 is 19.8 Å². The standard InChI is InChI=1S/C12H16O4.ClH/c13-11(14)6-4-9-2-1-3-10(8-9)5-7-12(15)16;/h4-7,9-10H,1-3,8H2,(H,13,14)(H,15,16);1H/t9-,10-;/m1./s1. The fourth-order valence-corrected chi connectivity index (χ4v) is 2.05. The highest BCUT2D eigenvalue weighted by Gasteiger charge is 2.18. The summed E-state index contributed by atoms with van der Waals surface area (Å²) in [7, 11) is 0. The molecule has 0 radical (unpaired) electrons. The third-order valence-electron chi connectivity index (χ3n) is 2.78. The van der Waals surface area contributed by atoms with E-state index in [1.165, 1.54) is 12.2 Å². The van der Waals surface area contributed by atoms with Crippen LogP contribution in [0, 0.1) is 11.8 Å².